The number of hydrogen-bond acceptors (Lipinski definition) is 6. The molecule has 1 unspecified atom stereocenters. The summed E-state index contributed by atoms with van der Waals surface area (Å²) in [5.74, 6) is 0.847. The summed E-state index contributed by atoms with van der Waals surface area (Å²) in [7, 11) is 1.57. The van der Waals surface area contributed by atoms with Crippen LogP contribution in [-0.4, -0.2) is 35.7 Å². The minimum absolute atomic E-state index is 0.0655. The third-order valence-corrected chi connectivity index (χ3v) is 4.05. The van der Waals surface area contributed by atoms with Gasteiger partial charge >= 0.3 is 6.09 Å². The first-order valence-corrected chi connectivity index (χ1v) is 8.82. The number of methoxy groups -OCH3 is 1. The van der Waals surface area contributed by atoms with Crippen LogP contribution in [0.1, 0.15) is 46.5 Å². The molecule has 1 aromatic heterocycles. The summed E-state index contributed by atoms with van der Waals surface area (Å²) in [4.78, 5) is 28.4. The van der Waals surface area contributed by atoms with Crippen LogP contribution in [-0.2, 0) is 9.53 Å². The maximum Gasteiger partial charge on any atom is 0.407 e. The van der Waals surface area contributed by atoms with Crippen molar-refractivity contribution < 1.29 is 19.1 Å². The number of rotatable bonds is 5. The number of carbonyl (C=O) groups is 2. The number of nitrogens with one attached hydrogen (secondary N) is 3. The highest BCUT2D eigenvalue weighted by molar-refractivity contribution is 5.80. The van der Waals surface area contributed by atoms with Crippen LogP contribution in [0.5, 0.6) is 5.75 Å². The average Bonchev–Trinajstić information content (AvgIpc) is 2.58. The van der Waals surface area contributed by atoms with Crippen molar-refractivity contribution in [3.8, 4) is 5.75 Å². The van der Waals surface area contributed by atoms with Crippen LogP contribution < -0.4 is 20.9 Å². The van der Waals surface area contributed by atoms with Crippen molar-refractivity contribution >= 4 is 17.8 Å². The van der Waals surface area contributed by atoms with Gasteiger partial charge in [0, 0.05) is 24.2 Å². The molecule has 1 aliphatic rings. The second-order valence-corrected chi connectivity index (χ2v) is 7.40. The van der Waals surface area contributed by atoms with Crippen LogP contribution in [0.15, 0.2) is 18.3 Å². The summed E-state index contributed by atoms with van der Waals surface area (Å²) in [5.41, 5.74) is 4.94. The van der Waals surface area contributed by atoms with Crippen molar-refractivity contribution in [2.45, 2.75) is 58.1 Å². The molecule has 0 saturated heterocycles. The summed E-state index contributed by atoms with van der Waals surface area (Å²) < 4.78 is 10.4. The molecule has 2 rings (SSSR count). The summed E-state index contributed by atoms with van der Waals surface area (Å²) >= 11 is 0. The summed E-state index contributed by atoms with van der Waals surface area (Å²) in [5, 5.41) is 2.86. The SMILES string of the molecule is COc1ccnc(NNC(=O)C2CCC[C@@H](NC(=O)OC(C)(C)C)C2)c1. The third-order valence-electron chi connectivity index (χ3n) is 4.05. The van der Waals surface area contributed by atoms with Gasteiger partial charge in [-0.05, 0) is 46.1 Å². The predicted octanol–water partition coefficient (Wildman–Crippen LogP) is 2.62. The molecule has 1 saturated carbocycles. The van der Waals surface area contributed by atoms with Gasteiger partial charge in [-0.15, -0.1) is 0 Å². The Labute approximate surface area is 154 Å². The molecule has 26 heavy (non-hydrogen) atoms. The molecule has 2 atom stereocenters. The van der Waals surface area contributed by atoms with Gasteiger partial charge in [0.2, 0.25) is 5.91 Å². The number of hydrogen-bond donors (Lipinski definition) is 3. The molecule has 8 nitrogen and oxygen atoms in total. The number of alkyl carbamates (subject to hydrolysis) is 1. The van der Waals surface area contributed by atoms with Crippen molar-refractivity contribution in [3.05, 3.63) is 18.3 Å². The third kappa shape index (κ3) is 6.42. The molecule has 144 valence electrons. The zero-order valence-corrected chi connectivity index (χ0v) is 15.8. The predicted molar refractivity (Wildman–Crippen MR) is 97.7 cm³/mol. The van der Waals surface area contributed by atoms with Gasteiger partial charge in [-0.3, -0.25) is 15.6 Å². The fraction of sp³-hybridized carbons (Fsp3) is 0.611. The number of anilines is 1. The average molecular weight is 364 g/mol. The molecule has 0 spiro atoms. The van der Waals surface area contributed by atoms with Gasteiger partial charge in [-0.25, -0.2) is 9.78 Å². The Morgan fingerprint density at radius 3 is 2.73 bits per heavy atom. The Morgan fingerprint density at radius 2 is 2.04 bits per heavy atom. The molecule has 1 aliphatic carbocycles. The van der Waals surface area contributed by atoms with Gasteiger partial charge in [0.15, 0.2) is 0 Å². The number of aromatic nitrogens is 1. The molecule has 0 aromatic carbocycles. The maximum atomic E-state index is 12.4. The number of ether oxygens (including phenoxy) is 2. The molecule has 1 fully saturated rings. The zero-order chi connectivity index (χ0) is 19.2. The normalized spacial score (nSPS) is 20.0. The Balaban J connectivity index is 1.82. The minimum Gasteiger partial charge on any atom is -0.497 e. The minimum atomic E-state index is -0.539. The van der Waals surface area contributed by atoms with Crippen LogP contribution >= 0.6 is 0 Å². The number of pyridine rings is 1. The Morgan fingerprint density at radius 1 is 1.27 bits per heavy atom. The fourth-order valence-corrected chi connectivity index (χ4v) is 2.87. The first kappa shape index (κ1) is 19.8. The van der Waals surface area contributed by atoms with Crippen LogP contribution in [0.2, 0.25) is 0 Å². The lowest BCUT2D eigenvalue weighted by Gasteiger charge is -2.30. The van der Waals surface area contributed by atoms with E-state index in [4.69, 9.17) is 9.47 Å². The van der Waals surface area contributed by atoms with Crippen molar-refractivity contribution in [1.29, 1.82) is 0 Å². The molecule has 0 radical (unpaired) electrons. The summed E-state index contributed by atoms with van der Waals surface area (Å²) in [6.07, 6.45) is 4.23. The second-order valence-electron chi connectivity index (χ2n) is 7.40. The van der Waals surface area contributed by atoms with E-state index < -0.39 is 11.7 Å². The number of amides is 2. The quantitative estimate of drug-likeness (QED) is 0.694. The Kier molecular flexibility index (Phi) is 6.65. The molecule has 1 aromatic rings. The standard InChI is InChI=1S/C18H28N4O4/c1-18(2,3)26-17(24)20-13-7-5-6-12(10-13)16(23)22-21-15-11-14(25-4)8-9-19-15/h8-9,11-13H,5-7,10H2,1-4H3,(H,19,21)(H,20,24)(H,22,23)/t12?,13-/m1/s1. The number of carbonyl (C=O) groups excluding carboxylic acids is 2. The van der Waals surface area contributed by atoms with Crippen LogP contribution in [0.25, 0.3) is 0 Å². The van der Waals surface area contributed by atoms with Crippen molar-refractivity contribution in [3.63, 3.8) is 0 Å². The highest BCUT2D eigenvalue weighted by atomic mass is 16.6. The maximum absolute atomic E-state index is 12.4. The largest absolute Gasteiger partial charge is 0.497 e. The van der Waals surface area contributed by atoms with Gasteiger partial charge in [0.1, 0.15) is 17.2 Å². The fourth-order valence-electron chi connectivity index (χ4n) is 2.87. The van der Waals surface area contributed by atoms with E-state index in [0.717, 1.165) is 19.3 Å². The van der Waals surface area contributed by atoms with Gasteiger partial charge in [0.25, 0.3) is 0 Å². The van der Waals surface area contributed by atoms with Gasteiger partial charge in [-0.2, -0.15) is 0 Å². The van der Waals surface area contributed by atoms with E-state index in [9.17, 15) is 9.59 Å². The van der Waals surface area contributed by atoms with Crippen molar-refractivity contribution in [1.82, 2.24) is 15.7 Å². The van der Waals surface area contributed by atoms with E-state index in [1.54, 1.807) is 25.4 Å². The van der Waals surface area contributed by atoms with E-state index in [1.807, 2.05) is 20.8 Å². The molecular formula is C18H28N4O4. The highest BCUT2D eigenvalue weighted by Crippen LogP contribution is 2.25. The van der Waals surface area contributed by atoms with Crippen molar-refractivity contribution in [2.24, 2.45) is 5.92 Å². The molecule has 0 aliphatic heterocycles. The van der Waals surface area contributed by atoms with Crippen molar-refractivity contribution in [2.75, 3.05) is 12.5 Å². The second kappa shape index (κ2) is 8.73. The molecule has 1 heterocycles. The van der Waals surface area contributed by atoms with E-state index in [-0.39, 0.29) is 17.9 Å². The lowest BCUT2D eigenvalue weighted by atomic mass is 9.85. The first-order valence-electron chi connectivity index (χ1n) is 8.82. The van der Waals surface area contributed by atoms with Gasteiger partial charge < -0.3 is 14.8 Å². The summed E-state index contributed by atoms with van der Waals surface area (Å²) in [6.45, 7) is 5.46. The zero-order valence-electron chi connectivity index (χ0n) is 15.8. The molecule has 3 N–H and O–H groups in total. The van der Waals surface area contributed by atoms with Crippen LogP contribution in [0.4, 0.5) is 10.6 Å². The molecule has 0 bridgehead atoms. The van der Waals surface area contributed by atoms with Gasteiger partial charge in [0.05, 0.1) is 7.11 Å². The number of hydrazine groups is 1. The van der Waals surface area contributed by atoms with E-state index in [0.29, 0.717) is 18.0 Å². The highest BCUT2D eigenvalue weighted by Gasteiger charge is 2.29. The van der Waals surface area contributed by atoms with Crippen LogP contribution in [0, 0.1) is 5.92 Å². The van der Waals surface area contributed by atoms with E-state index in [2.05, 4.69) is 21.2 Å². The smallest absolute Gasteiger partial charge is 0.407 e. The lowest BCUT2D eigenvalue weighted by Crippen LogP contribution is -2.45. The monoisotopic (exact) mass is 364 g/mol. The Hall–Kier alpha value is -2.51. The summed E-state index contributed by atoms with van der Waals surface area (Å²) in [6, 6.07) is 3.35. The lowest BCUT2D eigenvalue weighted by molar-refractivity contribution is -0.125. The first-order chi connectivity index (χ1) is 12.3. The van der Waals surface area contributed by atoms with E-state index >= 15 is 0 Å². The van der Waals surface area contributed by atoms with Gasteiger partial charge in [-0.1, -0.05) is 6.42 Å². The molecular weight excluding hydrogens is 336 g/mol. The Bertz CT molecular complexity index is 630. The molecule has 2 amide bonds. The topological polar surface area (TPSA) is 102 Å². The number of nitrogens with zero attached hydrogens (tertiary/aromatic N) is 1. The van der Waals surface area contributed by atoms with Crippen LogP contribution in [0.3, 0.4) is 0 Å². The van der Waals surface area contributed by atoms with E-state index in [1.165, 1.54) is 0 Å². The molecule has 8 heteroatoms.